The molecule has 16 aromatic carbocycles. The molecule has 0 saturated carbocycles. The first-order valence-electron chi connectivity index (χ1n) is 38.0. The minimum Gasteiger partial charge on any atom is -0.311 e. The molecular weight excluding hydrogens is 1340 g/mol. The summed E-state index contributed by atoms with van der Waals surface area (Å²) in [7, 11) is 0. The van der Waals surface area contributed by atoms with Crippen LogP contribution in [0.1, 0.15) is 48.6 Å². The predicted molar refractivity (Wildman–Crippen MR) is 460 cm³/mol. The van der Waals surface area contributed by atoms with E-state index in [9.17, 15) is 0 Å². The van der Waals surface area contributed by atoms with Crippen molar-refractivity contribution in [3.05, 3.63) is 404 Å². The maximum absolute atomic E-state index is 2.71. The summed E-state index contributed by atoms with van der Waals surface area (Å²) in [5, 5.41) is 0. The van der Waals surface area contributed by atoms with Gasteiger partial charge in [0.2, 0.25) is 0 Å². The van der Waals surface area contributed by atoms with Crippen molar-refractivity contribution in [2.45, 2.75) is 41.4 Å². The Bertz CT molecular complexity index is 6320. The van der Waals surface area contributed by atoms with E-state index in [1.54, 1.807) is 0 Å². The Balaban J connectivity index is 0.849. The second-order valence-electron chi connectivity index (χ2n) is 30.6. The molecular formula is C101H71B2N5S. The van der Waals surface area contributed by atoms with E-state index >= 15 is 0 Å². The van der Waals surface area contributed by atoms with E-state index < -0.39 is 5.41 Å². The van der Waals surface area contributed by atoms with E-state index in [-0.39, 0.29) is 18.8 Å². The van der Waals surface area contributed by atoms with Crippen molar-refractivity contribution in [2.75, 3.05) is 24.5 Å². The van der Waals surface area contributed by atoms with Crippen molar-refractivity contribution in [1.29, 1.82) is 0 Å². The number of hydrogen-bond acceptors (Lipinski definition) is 6. The van der Waals surface area contributed by atoms with Gasteiger partial charge in [0.1, 0.15) is 0 Å². The van der Waals surface area contributed by atoms with Gasteiger partial charge >= 0.3 is 0 Å². The van der Waals surface area contributed by atoms with Crippen LogP contribution in [0.5, 0.6) is 0 Å². The number of benzene rings is 16. The molecule has 0 saturated heterocycles. The third-order valence-corrected chi connectivity index (χ3v) is 24.9. The average molecular weight is 1410 g/mol. The lowest BCUT2D eigenvalue weighted by molar-refractivity contribution is 0.590. The van der Waals surface area contributed by atoms with Crippen LogP contribution < -0.4 is 57.3 Å². The Hall–Kier alpha value is -13.0. The van der Waals surface area contributed by atoms with Crippen LogP contribution in [0, 0.1) is 0 Å². The summed E-state index contributed by atoms with van der Waals surface area (Å²) in [5.74, 6) is 0. The fourth-order valence-electron chi connectivity index (χ4n) is 19.2. The van der Waals surface area contributed by atoms with E-state index in [2.05, 4.69) is 421 Å². The SMILES string of the molecule is CC(C)(C)c1cc2c3c(c1)N(c1ccccc1)c1cc4c(cc1B3c1ccccc1N2c1ccccc1)C1(c2cc3c(cc2S4)N(c2ccccc2)c2cc(N(c4ccccc4)c4ccccc4-c4ccccc4)cc4c2B3c2ccccc2N4c2ccccc2-c2ccccc2)c2ccccc2-c2ccccc21. The molecule has 0 radical (unpaired) electrons. The molecule has 0 amide bonds. The number of rotatable bonds is 9. The zero-order valence-corrected chi connectivity index (χ0v) is 61.4. The molecule has 8 heteroatoms. The Morgan fingerprint density at radius 3 is 1.14 bits per heavy atom. The Morgan fingerprint density at radius 1 is 0.275 bits per heavy atom. The average Bonchev–Trinajstić information content (AvgIpc) is 1.42. The summed E-state index contributed by atoms with van der Waals surface area (Å²) in [6.07, 6.45) is 0. The molecule has 5 nitrogen and oxygen atoms in total. The van der Waals surface area contributed by atoms with Crippen molar-refractivity contribution in [3.8, 4) is 33.4 Å². The van der Waals surface area contributed by atoms with Crippen LogP contribution in [0.25, 0.3) is 33.4 Å². The molecule has 0 aromatic heterocycles. The van der Waals surface area contributed by atoms with Gasteiger partial charge in [-0.25, -0.2) is 0 Å². The van der Waals surface area contributed by atoms with Crippen LogP contribution in [0.2, 0.25) is 0 Å². The smallest absolute Gasteiger partial charge is 0.252 e. The van der Waals surface area contributed by atoms with Gasteiger partial charge in [-0.1, -0.05) is 299 Å². The first-order chi connectivity index (χ1) is 53.8. The van der Waals surface area contributed by atoms with Gasteiger partial charge in [0.05, 0.1) is 22.5 Å². The molecule has 5 heterocycles. The van der Waals surface area contributed by atoms with Gasteiger partial charge in [-0.3, -0.25) is 0 Å². The number of anilines is 15. The maximum Gasteiger partial charge on any atom is 0.252 e. The van der Waals surface area contributed by atoms with Crippen LogP contribution >= 0.6 is 11.8 Å². The molecule has 512 valence electrons. The summed E-state index contributed by atoms with van der Waals surface area (Å²) in [6, 6.07) is 142. The van der Waals surface area contributed by atoms with Gasteiger partial charge in [-0.2, -0.15) is 0 Å². The predicted octanol–water partition coefficient (Wildman–Crippen LogP) is 22.8. The maximum atomic E-state index is 2.71. The molecule has 6 aliphatic rings. The highest BCUT2D eigenvalue weighted by molar-refractivity contribution is 7.99. The van der Waals surface area contributed by atoms with Crippen LogP contribution in [0.15, 0.2) is 386 Å². The topological polar surface area (TPSA) is 16.2 Å². The minimum atomic E-state index is -0.782. The van der Waals surface area contributed by atoms with Crippen LogP contribution in [0.4, 0.5) is 85.3 Å². The van der Waals surface area contributed by atoms with E-state index in [0.717, 1.165) is 84.8 Å². The van der Waals surface area contributed by atoms with Crippen molar-refractivity contribution < 1.29 is 0 Å². The fraction of sp³-hybridized carbons (Fsp3) is 0.0495. The summed E-state index contributed by atoms with van der Waals surface area (Å²) < 4.78 is 0. The number of nitrogens with zero attached hydrogens (tertiary/aromatic N) is 5. The number of hydrogen-bond donors (Lipinski definition) is 0. The molecule has 109 heavy (non-hydrogen) atoms. The van der Waals surface area contributed by atoms with Gasteiger partial charge in [-0.05, 0) is 197 Å². The van der Waals surface area contributed by atoms with Crippen LogP contribution in [-0.2, 0) is 10.8 Å². The highest BCUT2D eigenvalue weighted by Gasteiger charge is 2.55. The Labute approximate surface area is 642 Å². The summed E-state index contributed by atoms with van der Waals surface area (Å²) in [4.78, 5) is 15.4. The van der Waals surface area contributed by atoms with Crippen LogP contribution in [0.3, 0.4) is 0 Å². The largest absolute Gasteiger partial charge is 0.311 e. The monoisotopic (exact) mass is 1410 g/mol. The third-order valence-electron chi connectivity index (χ3n) is 23.8. The Morgan fingerprint density at radius 2 is 0.642 bits per heavy atom. The third kappa shape index (κ3) is 9.44. The van der Waals surface area contributed by atoms with E-state index in [0.29, 0.717) is 0 Å². The standard InChI is InChI=1S/C101H71B2N5S/c1-100(2,3)68-58-92-98-93(59-68)106(71-42-18-8-19-43-71)90-64-96-80(62-84(90)102(98)82-52-28-32-56-88(82)105(92)70-40-16-7-17-41-70)101(78-50-26-22-48-76(78)77-49-23-27-51-79(77)101)81-63-85-91(65-97(81)109-96)107(72-44-20-9-21-45-72)94-60-73(104(69-38-14-6-15-39-69)86-54-30-24-46-74(86)66-34-10-4-11-35-66)61-95-99(94)103(85)83-53-29-33-57-89(83)108(95)87-55-31-25-47-75(87)67-36-12-5-13-37-67/h4-65H,1-3H3. The lowest BCUT2D eigenvalue weighted by atomic mass is 9.33. The molecule has 0 fully saturated rings. The second kappa shape index (κ2) is 24.5. The molecule has 16 aromatic rings. The quantitative estimate of drug-likeness (QED) is 0.133. The Kier molecular flexibility index (Phi) is 14.2. The molecule has 0 unspecified atom stereocenters. The lowest BCUT2D eigenvalue weighted by Crippen LogP contribution is -2.62. The van der Waals surface area contributed by atoms with Gasteiger partial charge < -0.3 is 24.5 Å². The van der Waals surface area contributed by atoms with E-state index in [1.165, 1.54) is 104 Å². The van der Waals surface area contributed by atoms with E-state index in [4.69, 9.17) is 0 Å². The molecule has 1 aliphatic carbocycles. The minimum absolute atomic E-state index is 0.119. The van der Waals surface area contributed by atoms with Gasteiger partial charge in [0.15, 0.2) is 0 Å². The number of fused-ring (bicyclic) bond motifs is 17. The summed E-state index contributed by atoms with van der Waals surface area (Å²) >= 11 is 1.94. The highest BCUT2D eigenvalue weighted by atomic mass is 32.2. The van der Waals surface area contributed by atoms with E-state index in [1.807, 2.05) is 11.8 Å². The summed E-state index contributed by atoms with van der Waals surface area (Å²) in [5.41, 5.74) is 37.3. The van der Waals surface area contributed by atoms with Crippen molar-refractivity contribution in [1.82, 2.24) is 0 Å². The van der Waals surface area contributed by atoms with Crippen molar-refractivity contribution in [2.24, 2.45) is 0 Å². The summed E-state index contributed by atoms with van der Waals surface area (Å²) in [6.45, 7) is 6.74. The first-order valence-corrected chi connectivity index (χ1v) is 38.9. The highest BCUT2D eigenvalue weighted by Crippen LogP contribution is 2.64. The second-order valence-corrected chi connectivity index (χ2v) is 31.7. The molecule has 0 bridgehead atoms. The fourth-order valence-corrected chi connectivity index (χ4v) is 20.4. The molecule has 0 atom stereocenters. The van der Waals surface area contributed by atoms with Gasteiger partial charge in [0, 0.05) is 89.2 Å². The first kappa shape index (κ1) is 63.3. The van der Waals surface area contributed by atoms with Crippen molar-refractivity contribution in [3.63, 3.8) is 0 Å². The normalized spacial score (nSPS) is 13.9. The lowest BCUT2D eigenvalue weighted by Gasteiger charge is -2.48. The molecule has 1 spiro atoms. The zero-order chi connectivity index (χ0) is 72.2. The zero-order valence-electron chi connectivity index (χ0n) is 60.6. The van der Waals surface area contributed by atoms with Gasteiger partial charge in [-0.15, -0.1) is 0 Å². The molecule has 5 aliphatic heterocycles. The molecule has 0 N–H and O–H groups in total. The van der Waals surface area contributed by atoms with Crippen molar-refractivity contribution >= 4 is 143 Å². The van der Waals surface area contributed by atoms with Crippen LogP contribution in [-0.4, -0.2) is 13.4 Å². The molecule has 22 rings (SSSR count). The number of para-hydroxylation sites is 8. The van der Waals surface area contributed by atoms with Gasteiger partial charge in [0.25, 0.3) is 13.4 Å².